The SMILES string of the molecule is CCNC(=O)[C@@H](C)OC(=O)CN1C(=O)Cc2ccccc2C1=O. The van der Waals surface area contributed by atoms with Gasteiger partial charge in [-0.15, -0.1) is 0 Å². The van der Waals surface area contributed by atoms with Crippen LogP contribution in [0.5, 0.6) is 0 Å². The molecule has 0 aliphatic carbocycles. The number of nitrogens with one attached hydrogen (secondary N) is 1. The van der Waals surface area contributed by atoms with Gasteiger partial charge in [0.1, 0.15) is 6.54 Å². The zero-order chi connectivity index (χ0) is 17.0. The summed E-state index contributed by atoms with van der Waals surface area (Å²) in [5.74, 6) is -2.22. The molecule has 0 aromatic heterocycles. The van der Waals surface area contributed by atoms with E-state index in [0.717, 1.165) is 4.90 Å². The van der Waals surface area contributed by atoms with Crippen LogP contribution in [0.15, 0.2) is 24.3 Å². The number of carbonyl (C=O) groups is 4. The van der Waals surface area contributed by atoms with Gasteiger partial charge >= 0.3 is 5.97 Å². The maximum Gasteiger partial charge on any atom is 0.326 e. The fourth-order valence-corrected chi connectivity index (χ4v) is 2.30. The first-order chi connectivity index (χ1) is 10.9. The van der Waals surface area contributed by atoms with Gasteiger partial charge in [0.25, 0.3) is 11.8 Å². The second-order valence-corrected chi connectivity index (χ2v) is 5.15. The first-order valence-corrected chi connectivity index (χ1v) is 7.33. The van der Waals surface area contributed by atoms with Gasteiger partial charge < -0.3 is 10.1 Å². The topological polar surface area (TPSA) is 92.8 Å². The van der Waals surface area contributed by atoms with Crippen LogP contribution in [0.4, 0.5) is 0 Å². The van der Waals surface area contributed by atoms with Crippen molar-refractivity contribution in [3.63, 3.8) is 0 Å². The maximum absolute atomic E-state index is 12.3. The van der Waals surface area contributed by atoms with Crippen molar-refractivity contribution in [3.8, 4) is 0 Å². The molecule has 2 rings (SSSR count). The highest BCUT2D eigenvalue weighted by Crippen LogP contribution is 2.19. The summed E-state index contributed by atoms with van der Waals surface area (Å²) >= 11 is 0. The summed E-state index contributed by atoms with van der Waals surface area (Å²) in [6.07, 6.45) is -0.925. The van der Waals surface area contributed by atoms with Gasteiger partial charge in [-0.05, 0) is 25.5 Å². The largest absolute Gasteiger partial charge is 0.451 e. The first-order valence-electron chi connectivity index (χ1n) is 7.33. The van der Waals surface area contributed by atoms with Crippen LogP contribution in [0, 0.1) is 0 Å². The number of carbonyl (C=O) groups excluding carboxylic acids is 4. The zero-order valence-electron chi connectivity index (χ0n) is 13.0. The summed E-state index contributed by atoms with van der Waals surface area (Å²) in [4.78, 5) is 48.6. The van der Waals surface area contributed by atoms with E-state index in [2.05, 4.69) is 5.32 Å². The minimum absolute atomic E-state index is 0.0566. The molecule has 7 heteroatoms. The van der Waals surface area contributed by atoms with E-state index in [0.29, 0.717) is 17.7 Å². The van der Waals surface area contributed by atoms with Crippen molar-refractivity contribution in [1.82, 2.24) is 10.2 Å². The van der Waals surface area contributed by atoms with Crippen LogP contribution in [0.2, 0.25) is 0 Å². The highest BCUT2D eigenvalue weighted by atomic mass is 16.5. The van der Waals surface area contributed by atoms with Gasteiger partial charge in [0, 0.05) is 12.1 Å². The summed E-state index contributed by atoms with van der Waals surface area (Å²) < 4.78 is 4.95. The Morgan fingerprint density at radius 2 is 2.00 bits per heavy atom. The van der Waals surface area contributed by atoms with E-state index in [4.69, 9.17) is 4.74 Å². The van der Waals surface area contributed by atoms with Crippen LogP contribution in [0.3, 0.4) is 0 Å². The number of rotatable bonds is 5. The number of benzene rings is 1. The third-order valence-electron chi connectivity index (χ3n) is 3.45. The van der Waals surface area contributed by atoms with Gasteiger partial charge in [0.2, 0.25) is 5.91 Å². The van der Waals surface area contributed by atoms with Crippen molar-refractivity contribution in [2.75, 3.05) is 13.1 Å². The molecule has 1 aliphatic rings. The summed E-state index contributed by atoms with van der Waals surface area (Å²) in [7, 11) is 0. The Kier molecular flexibility index (Phi) is 5.10. The Morgan fingerprint density at radius 3 is 2.70 bits per heavy atom. The molecule has 7 nitrogen and oxygen atoms in total. The molecule has 0 fully saturated rings. The molecule has 0 bridgehead atoms. The molecular formula is C16H18N2O5. The molecule has 3 amide bonds. The van der Waals surface area contributed by atoms with Crippen LogP contribution in [0.1, 0.15) is 29.8 Å². The van der Waals surface area contributed by atoms with Crippen LogP contribution < -0.4 is 5.32 Å². The smallest absolute Gasteiger partial charge is 0.326 e. The lowest BCUT2D eigenvalue weighted by molar-refractivity contribution is -0.156. The predicted octanol–water partition coefficient (Wildman–Crippen LogP) is 0.279. The quantitative estimate of drug-likeness (QED) is 0.622. The maximum atomic E-state index is 12.3. The first kappa shape index (κ1) is 16.7. The molecule has 0 saturated heterocycles. The summed E-state index contributed by atoms with van der Waals surface area (Å²) in [5, 5.41) is 2.52. The van der Waals surface area contributed by atoms with Crippen molar-refractivity contribution in [3.05, 3.63) is 35.4 Å². The van der Waals surface area contributed by atoms with Gasteiger partial charge in [-0.1, -0.05) is 18.2 Å². The third kappa shape index (κ3) is 3.74. The fourth-order valence-electron chi connectivity index (χ4n) is 2.30. The van der Waals surface area contributed by atoms with Crippen LogP contribution in [-0.2, 0) is 25.5 Å². The third-order valence-corrected chi connectivity index (χ3v) is 3.45. The number of imide groups is 1. The second kappa shape index (κ2) is 7.04. The average Bonchev–Trinajstić information content (AvgIpc) is 2.51. The van der Waals surface area contributed by atoms with Gasteiger partial charge in [-0.3, -0.25) is 24.1 Å². The monoisotopic (exact) mass is 318 g/mol. The van der Waals surface area contributed by atoms with Crippen molar-refractivity contribution in [1.29, 1.82) is 0 Å². The Hall–Kier alpha value is -2.70. The number of hydrogen-bond donors (Lipinski definition) is 1. The number of hydrogen-bond acceptors (Lipinski definition) is 5. The Bertz CT molecular complexity index is 656. The van der Waals surface area contributed by atoms with E-state index in [-0.39, 0.29) is 6.42 Å². The highest BCUT2D eigenvalue weighted by Gasteiger charge is 2.33. The lowest BCUT2D eigenvalue weighted by atomic mass is 9.98. The predicted molar refractivity (Wildman–Crippen MR) is 80.4 cm³/mol. The second-order valence-electron chi connectivity index (χ2n) is 5.15. The summed E-state index contributed by atoms with van der Waals surface area (Å²) in [5.41, 5.74) is 1.04. The summed E-state index contributed by atoms with van der Waals surface area (Å²) in [6, 6.07) is 6.76. The highest BCUT2D eigenvalue weighted by molar-refractivity contribution is 6.11. The molecular weight excluding hydrogens is 300 g/mol. The van der Waals surface area contributed by atoms with Crippen molar-refractivity contribution >= 4 is 23.7 Å². The van der Waals surface area contributed by atoms with E-state index >= 15 is 0 Å². The van der Waals surface area contributed by atoms with E-state index in [1.54, 1.807) is 31.2 Å². The van der Waals surface area contributed by atoms with Gasteiger partial charge in [-0.2, -0.15) is 0 Å². The number of esters is 1. The molecule has 122 valence electrons. The molecule has 1 aliphatic heterocycles. The van der Waals surface area contributed by atoms with Gasteiger partial charge in [0.05, 0.1) is 6.42 Å². The van der Waals surface area contributed by atoms with E-state index < -0.39 is 36.3 Å². The van der Waals surface area contributed by atoms with Gasteiger partial charge in [0.15, 0.2) is 6.10 Å². The molecule has 1 aromatic rings. The van der Waals surface area contributed by atoms with Crippen LogP contribution >= 0.6 is 0 Å². The molecule has 0 saturated carbocycles. The molecule has 0 unspecified atom stereocenters. The Morgan fingerprint density at radius 1 is 1.30 bits per heavy atom. The molecule has 0 spiro atoms. The normalized spacial score (nSPS) is 15.0. The Balaban J connectivity index is 2.03. The summed E-state index contributed by atoms with van der Waals surface area (Å²) in [6.45, 7) is 3.09. The molecule has 1 atom stereocenters. The van der Waals surface area contributed by atoms with Crippen molar-refractivity contribution < 1.29 is 23.9 Å². The number of nitrogens with zero attached hydrogens (tertiary/aromatic N) is 1. The molecule has 1 aromatic carbocycles. The molecule has 0 radical (unpaired) electrons. The standard InChI is InChI=1S/C16H18N2O5/c1-3-17-15(21)10(2)23-14(20)9-18-13(19)8-11-6-4-5-7-12(11)16(18)22/h4-7,10H,3,8-9H2,1-2H3,(H,17,21)/t10-/m1/s1. The lowest BCUT2D eigenvalue weighted by Crippen LogP contribution is -2.46. The number of amides is 3. The van der Waals surface area contributed by atoms with Crippen LogP contribution in [0.25, 0.3) is 0 Å². The van der Waals surface area contributed by atoms with Crippen molar-refractivity contribution in [2.24, 2.45) is 0 Å². The number of fused-ring (bicyclic) bond motifs is 1. The molecule has 23 heavy (non-hydrogen) atoms. The fraction of sp³-hybridized carbons (Fsp3) is 0.375. The van der Waals surface area contributed by atoms with Crippen molar-refractivity contribution in [2.45, 2.75) is 26.4 Å². The molecule has 1 N–H and O–H groups in total. The van der Waals surface area contributed by atoms with Crippen LogP contribution in [-0.4, -0.2) is 47.8 Å². The van der Waals surface area contributed by atoms with E-state index in [1.807, 2.05) is 0 Å². The minimum atomic E-state index is -0.982. The minimum Gasteiger partial charge on any atom is -0.451 e. The van der Waals surface area contributed by atoms with E-state index in [1.165, 1.54) is 6.92 Å². The van der Waals surface area contributed by atoms with E-state index in [9.17, 15) is 19.2 Å². The van der Waals surface area contributed by atoms with Gasteiger partial charge in [-0.25, -0.2) is 0 Å². The molecule has 1 heterocycles. The Labute approximate surface area is 133 Å². The average molecular weight is 318 g/mol. The number of ether oxygens (including phenoxy) is 1. The zero-order valence-corrected chi connectivity index (χ0v) is 13.0. The number of likely N-dealkylation sites (N-methyl/N-ethyl adjacent to an activating group) is 1. The lowest BCUT2D eigenvalue weighted by Gasteiger charge is -2.26.